The summed E-state index contributed by atoms with van der Waals surface area (Å²) < 4.78 is 33.8. The third-order valence-electron chi connectivity index (χ3n) is 12.8. The fourth-order valence-corrected chi connectivity index (χ4v) is 8.65. The highest BCUT2D eigenvalue weighted by Gasteiger charge is 2.28. The third-order valence-corrected chi connectivity index (χ3v) is 12.8. The van der Waals surface area contributed by atoms with Crippen molar-refractivity contribution in [1.82, 2.24) is 16.0 Å². The van der Waals surface area contributed by atoms with Crippen LogP contribution in [0.15, 0.2) is 48.5 Å². The van der Waals surface area contributed by atoms with Crippen LogP contribution in [0.4, 0.5) is 21.0 Å². The van der Waals surface area contributed by atoms with Crippen molar-refractivity contribution in [1.29, 1.82) is 0 Å². The maximum Gasteiger partial charge on any atom is 0.407 e. The van der Waals surface area contributed by atoms with E-state index in [0.717, 1.165) is 80.8 Å². The Balaban J connectivity index is 1.15. The van der Waals surface area contributed by atoms with E-state index >= 15 is 0 Å². The Morgan fingerprint density at radius 1 is 0.625 bits per heavy atom. The number of carbonyl (C=O) groups is 6. The molecule has 18 nitrogen and oxygen atoms in total. The van der Waals surface area contributed by atoms with Crippen LogP contribution in [0.25, 0.3) is 0 Å². The minimum absolute atomic E-state index is 0.0533. The first-order chi connectivity index (χ1) is 34.0. The van der Waals surface area contributed by atoms with E-state index in [9.17, 15) is 28.8 Å². The normalized spacial score (nSPS) is 16.4. The second-order valence-corrected chi connectivity index (χ2v) is 21.1. The molecule has 2 fully saturated rings. The SMILES string of the molecule is CCOC(=O)CCC1CCN(c2ccc(CO[C@H](C)[C@H](CCC(=O)NCOC(=O)CC3CCN(c4ccc(CO[C@H](C)[C@H](CCC(N)=O)NC(=O)OC(C)(C)C)cc4)CC3)NC(=O)OC(C)(C)C)cc2)CC1. The number of esters is 2. The van der Waals surface area contributed by atoms with Gasteiger partial charge >= 0.3 is 24.1 Å². The Kier molecular flexibility index (Phi) is 23.9. The fraction of sp³-hybridized carbons (Fsp3) is 0.667. The molecule has 2 heterocycles. The van der Waals surface area contributed by atoms with Gasteiger partial charge < -0.3 is 59.9 Å². The first kappa shape index (κ1) is 58.9. The number of hydrogen-bond donors (Lipinski definition) is 4. The van der Waals surface area contributed by atoms with Gasteiger partial charge in [0.1, 0.15) is 11.2 Å². The predicted octanol–water partition coefficient (Wildman–Crippen LogP) is 7.81. The van der Waals surface area contributed by atoms with Gasteiger partial charge in [0.05, 0.1) is 44.1 Å². The smallest absolute Gasteiger partial charge is 0.407 e. The number of ether oxygens (including phenoxy) is 6. The first-order valence-electron chi connectivity index (χ1n) is 25.8. The van der Waals surface area contributed by atoms with Crippen LogP contribution in [-0.2, 0) is 60.8 Å². The van der Waals surface area contributed by atoms with E-state index in [1.165, 1.54) is 0 Å². The number of rotatable bonds is 26. The number of hydrogen-bond acceptors (Lipinski definition) is 14. The minimum atomic E-state index is -0.714. The lowest BCUT2D eigenvalue weighted by atomic mass is 9.92. The van der Waals surface area contributed by atoms with E-state index < -0.39 is 53.6 Å². The zero-order valence-electron chi connectivity index (χ0n) is 44.4. The highest BCUT2D eigenvalue weighted by Crippen LogP contribution is 2.28. The molecule has 0 bridgehead atoms. The molecule has 0 aliphatic carbocycles. The molecular weight excluding hydrogens is 925 g/mol. The van der Waals surface area contributed by atoms with Gasteiger partial charge in [0.25, 0.3) is 0 Å². The molecule has 0 radical (unpaired) electrons. The number of piperidine rings is 2. The summed E-state index contributed by atoms with van der Waals surface area (Å²) in [5.74, 6) is -0.626. The molecule has 2 aliphatic heterocycles. The standard InChI is InChI=1S/C54H84N6O12/c1-10-67-49(63)24-15-39-25-29-59(30-26-39)43-16-11-42(12-17-43)35-69-38(3)46(58-52(66)72-54(7,8)9)21-23-48(62)56-36-70-50(64)33-40-27-31-60(32-28-40)44-18-13-41(14-19-44)34-68-37(2)45(20-22-47(55)61)57-51(65)71-53(4,5)6/h11-14,16-19,37-40,45-46H,10,15,20-36H2,1-9H3,(H2,55,61)(H,56,62)(H,57,65)(H,58,66)/t37-,38-,45+,46+/m1/s1. The fourth-order valence-electron chi connectivity index (χ4n) is 8.65. The van der Waals surface area contributed by atoms with Gasteiger partial charge in [-0.15, -0.1) is 0 Å². The van der Waals surface area contributed by atoms with Crippen LogP contribution in [0.3, 0.4) is 0 Å². The Hall–Kier alpha value is -5.62. The van der Waals surface area contributed by atoms with E-state index in [1.807, 2.05) is 57.2 Å². The zero-order valence-corrected chi connectivity index (χ0v) is 44.4. The van der Waals surface area contributed by atoms with Crippen LogP contribution in [0.2, 0.25) is 0 Å². The molecule has 2 aromatic carbocycles. The van der Waals surface area contributed by atoms with Crippen LogP contribution in [0, 0.1) is 11.8 Å². The minimum Gasteiger partial charge on any atom is -0.466 e. The van der Waals surface area contributed by atoms with Crippen LogP contribution < -0.4 is 31.5 Å². The van der Waals surface area contributed by atoms with Crippen molar-refractivity contribution >= 4 is 47.3 Å². The maximum atomic E-state index is 12.9. The predicted molar refractivity (Wildman–Crippen MR) is 275 cm³/mol. The molecule has 5 N–H and O–H groups in total. The van der Waals surface area contributed by atoms with Crippen molar-refractivity contribution in [2.24, 2.45) is 17.6 Å². The molecule has 0 saturated carbocycles. The summed E-state index contributed by atoms with van der Waals surface area (Å²) in [5.41, 5.74) is 8.11. The highest BCUT2D eigenvalue weighted by atomic mass is 16.6. The second kappa shape index (κ2) is 29.2. The van der Waals surface area contributed by atoms with Crippen LogP contribution in [0.5, 0.6) is 0 Å². The lowest BCUT2D eigenvalue weighted by Gasteiger charge is -2.33. The van der Waals surface area contributed by atoms with Crippen molar-refractivity contribution < 1.29 is 57.2 Å². The van der Waals surface area contributed by atoms with E-state index in [-0.39, 0.29) is 56.2 Å². The third kappa shape index (κ3) is 22.9. The number of amides is 4. The summed E-state index contributed by atoms with van der Waals surface area (Å²) in [4.78, 5) is 79.0. The van der Waals surface area contributed by atoms with E-state index in [1.54, 1.807) is 41.5 Å². The first-order valence-corrected chi connectivity index (χ1v) is 25.8. The van der Waals surface area contributed by atoms with Gasteiger partial charge in [0.2, 0.25) is 11.8 Å². The second-order valence-electron chi connectivity index (χ2n) is 21.1. The number of alkyl carbamates (subject to hydrolysis) is 2. The van der Waals surface area contributed by atoms with Gasteiger partial charge in [-0.05, 0) is 154 Å². The molecule has 2 aliphatic rings. The number of benzene rings is 2. The summed E-state index contributed by atoms with van der Waals surface area (Å²) in [7, 11) is 0. The lowest BCUT2D eigenvalue weighted by Crippen LogP contribution is -2.46. The van der Waals surface area contributed by atoms with Crippen LogP contribution in [0.1, 0.15) is 144 Å². The van der Waals surface area contributed by atoms with Crippen molar-refractivity contribution in [3.8, 4) is 0 Å². The van der Waals surface area contributed by atoms with Gasteiger partial charge in [-0.25, -0.2) is 9.59 Å². The molecule has 0 unspecified atom stereocenters. The molecule has 4 atom stereocenters. The summed E-state index contributed by atoms with van der Waals surface area (Å²) in [6, 6.07) is 15.3. The quantitative estimate of drug-likeness (QED) is 0.0401. The molecule has 4 amide bonds. The van der Waals surface area contributed by atoms with Crippen molar-refractivity contribution in [3.63, 3.8) is 0 Å². The molecule has 2 aromatic rings. The summed E-state index contributed by atoms with van der Waals surface area (Å²) >= 11 is 0. The number of nitrogens with two attached hydrogens (primary N) is 1. The molecule has 18 heteroatoms. The van der Waals surface area contributed by atoms with Gasteiger partial charge in [0, 0.05) is 63.2 Å². The van der Waals surface area contributed by atoms with Crippen LogP contribution in [-0.4, -0.2) is 111 Å². The summed E-state index contributed by atoms with van der Waals surface area (Å²) in [5, 5.41) is 8.38. The van der Waals surface area contributed by atoms with Crippen molar-refractivity contribution in [2.75, 3.05) is 49.3 Å². The highest BCUT2D eigenvalue weighted by molar-refractivity contribution is 5.77. The Morgan fingerprint density at radius 3 is 1.50 bits per heavy atom. The van der Waals surface area contributed by atoms with E-state index in [0.29, 0.717) is 38.6 Å². The molecular formula is C54H84N6O12. The van der Waals surface area contributed by atoms with Crippen LogP contribution >= 0.6 is 0 Å². The Bertz CT molecular complexity index is 2010. The van der Waals surface area contributed by atoms with Crippen molar-refractivity contribution in [2.45, 2.75) is 182 Å². The average Bonchev–Trinajstić information content (AvgIpc) is 3.31. The van der Waals surface area contributed by atoms with Gasteiger partial charge in [-0.1, -0.05) is 24.3 Å². The molecule has 402 valence electrons. The molecule has 0 spiro atoms. The average molecular weight is 1010 g/mol. The largest absolute Gasteiger partial charge is 0.466 e. The maximum absolute atomic E-state index is 12.9. The van der Waals surface area contributed by atoms with Gasteiger partial charge in [-0.2, -0.15) is 0 Å². The summed E-state index contributed by atoms with van der Waals surface area (Å²) in [6.45, 7) is 20.4. The number of primary amides is 1. The van der Waals surface area contributed by atoms with E-state index in [2.05, 4.69) is 37.9 Å². The summed E-state index contributed by atoms with van der Waals surface area (Å²) in [6.07, 6.45) is 3.91. The van der Waals surface area contributed by atoms with Crippen molar-refractivity contribution in [3.05, 3.63) is 59.7 Å². The Labute approximate surface area is 427 Å². The number of anilines is 2. The van der Waals surface area contributed by atoms with E-state index in [4.69, 9.17) is 34.2 Å². The topological polar surface area (TPSA) is 226 Å². The molecule has 2 saturated heterocycles. The molecule has 4 rings (SSSR count). The van der Waals surface area contributed by atoms with Gasteiger partial charge in [-0.3, -0.25) is 19.2 Å². The molecule has 72 heavy (non-hydrogen) atoms. The number of nitrogens with one attached hydrogen (secondary N) is 3. The molecule has 0 aromatic heterocycles. The Morgan fingerprint density at radius 2 is 1.07 bits per heavy atom. The monoisotopic (exact) mass is 1010 g/mol. The number of nitrogens with zero attached hydrogens (tertiary/aromatic N) is 2. The van der Waals surface area contributed by atoms with Gasteiger partial charge in [0.15, 0.2) is 6.73 Å². The zero-order chi connectivity index (χ0) is 52.8. The lowest BCUT2D eigenvalue weighted by molar-refractivity contribution is -0.147. The number of carbonyl (C=O) groups excluding carboxylic acids is 6.